The molecule has 0 saturated carbocycles. The van der Waals surface area contributed by atoms with Crippen LogP contribution in [0.2, 0.25) is 0 Å². The highest BCUT2D eigenvalue weighted by molar-refractivity contribution is 5.97. The van der Waals surface area contributed by atoms with Crippen LogP contribution in [0.25, 0.3) is 11.1 Å². The molecule has 0 spiro atoms. The third kappa shape index (κ3) is 2.20. The van der Waals surface area contributed by atoms with Crippen LogP contribution >= 0.6 is 0 Å². The maximum Gasteiger partial charge on any atom is 0.336 e. The van der Waals surface area contributed by atoms with Gasteiger partial charge in [-0.15, -0.1) is 0 Å². The van der Waals surface area contributed by atoms with Gasteiger partial charge in [0.15, 0.2) is 0 Å². The van der Waals surface area contributed by atoms with Crippen LogP contribution in [0.15, 0.2) is 42.5 Å². The van der Waals surface area contributed by atoms with E-state index in [-0.39, 0.29) is 5.56 Å². The fourth-order valence-corrected chi connectivity index (χ4v) is 1.94. The lowest BCUT2D eigenvalue weighted by Crippen LogP contribution is -2.01. The molecule has 3 heteroatoms. The topological polar surface area (TPSA) is 46.5 Å². The summed E-state index contributed by atoms with van der Waals surface area (Å²) in [5, 5.41) is 9.28. The number of rotatable bonds is 3. The largest absolute Gasteiger partial charge is 0.497 e. The molecular formula is C15H14O3. The lowest BCUT2D eigenvalue weighted by molar-refractivity contribution is 0.0697. The molecule has 0 unspecified atom stereocenters. The van der Waals surface area contributed by atoms with Crippen LogP contribution < -0.4 is 4.74 Å². The van der Waals surface area contributed by atoms with E-state index in [1.807, 2.05) is 31.2 Å². The highest BCUT2D eigenvalue weighted by Gasteiger charge is 2.14. The molecule has 1 N–H and O–H groups in total. The first-order chi connectivity index (χ1) is 8.63. The summed E-state index contributed by atoms with van der Waals surface area (Å²) < 4.78 is 5.06. The van der Waals surface area contributed by atoms with Gasteiger partial charge in [-0.05, 0) is 41.8 Å². The summed E-state index contributed by atoms with van der Waals surface area (Å²) in [5.41, 5.74) is 2.94. The minimum atomic E-state index is -0.952. The van der Waals surface area contributed by atoms with E-state index >= 15 is 0 Å². The van der Waals surface area contributed by atoms with Crippen LogP contribution in [-0.2, 0) is 0 Å². The zero-order valence-corrected chi connectivity index (χ0v) is 10.3. The molecule has 0 amide bonds. The molecule has 0 heterocycles. The smallest absolute Gasteiger partial charge is 0.336 e. The van der Waals surface area contributed by atoms with Crippen molar-refractivity contribution in [2.24, 2.45) is 0 Å². The molecule has 2 aromatic carbocycles. The summed E-state index contributed by atoms with van der Waals surface area (Å²) in [7, 11) is 1.52. The summed E-state index contributed by atoms with van der Waals surface area (Å²) in [5.74, 6) is -0.406. The molecule has 2 aromatic rings. The van der Waals surface area contributed by atoms with Crippen molar-refractivity contribution in [1.29, 1.82) is 0 Å². The first kappa shape index (κ1) is 12.2. The van der Waals surface area contributed by atoms with E-state index in [2.05, 4.69) is 0 Å². The highest BCUT2D eigenvalue weighted by Crippen LogP contribution is 2.29. The van der Waals surface area contributed by atoms with Crippen molar-refractivity contribution in [3.63, 3.8) is 0 Å². The molecule has 0 bridgehead atoms. The summed E-state index contributed by atoms with van der Waals surface area (Å²) >= 11 is 0. The molecular weight excluding hydrogens is 228 g/mol. The molecule has 0 aliphatic heterocycles. The molecule has 18 heavy (non-hydrogen) atoms. The molecule has 0 radical (unpaired) electrons. The normalized spacial score (nSPS) is 10.1. The first-order valence-electron chi connectivity index (χ1n) is 5.61. The zero-order chi connectivity index (χ0) is 13.1. The number of aryl methyl sites for hydroxylation is 1. The Morgan fingerprint density at radius 2 is 1.83 bits per heavy atom. The predicted octanol–water partition coefficient (Wildman–Crippen LogP) is 3.37. The van der Waals surface area contributed by atoms with E-state index in [0.717, 1.165) is 11.1 Å². The molecule has 0 aliphatic carbocycles. The van der Waals surface area contributed by atoms with Crippen molar-refractivity contribution in [3.05, 3.63) is 53.6 Å². The van der Waals surface area contributed by atoms with E-state index in [4.69, 9.17) is 4.74 Å². The molecule has 0 aliphatic rings. The Morgan fingerprint density at radius 1 is 1.11 bits per heavy atom. The lowest BCUT2D eigenvalue weighted by atomic mass is 9.96. The van der Waals surface area contributed by atoms with Gasteiger partial charge in [-0.2, -0.15) is 0 Å². The number of hydrogen-bond acceptors (Lipinski definition) is 2. The van der Waals surface area contributed by atoms with Crippen molar-refractivity contribution in [1.82, 2.24) is 0 Å². The number of benzene rings is 2. The number of methoxy groups -OCH3 is 1. The number of ether oxygens (including phenoxy) is 1. The Labute approximate surface area is 106 Å². The van der Waals surface area contributed by atoms with Gasteiger partial charge < -0.3 is 9.84 Å². The van der Waals surface area contributed by atoms with E-state index in [0.29, 0.717) is 11.3 Å². The number of carboxylic acid groups (broad SMARTS) is 1. The average Bonchev–Trinajstić information content (AvgIpc) is 2.38. The standard InChI is InChI=1S/C15H14O3/c1-10-5-3-4-6-12(10)13-8-7-11(18-2)9-14(13)15(16)17/h3-9H,1-2H3,(H,16,17). The number of aromatic carboxylic acids is 1. The Kier molecular flexibility index (Phi) is 3.33. The maximum absolute atomic E-state index is 11.3. The van der Waals surface area contributed by atoms with Crippen LogP contribution in [0, 0.1) is 6.92 Å². The molecule has 0 fully saturated rings. The Hall–Kier alpha value is -2.29. The van der Waals surface area contributed by atoms with E-state index in [1.54, 1.807) is 18.2 Å². The van der Waals surface area contributed by atoms with E-state index in [1.165, 1.54) is 7.11 Å². The highest BCUT2D eigenvalue weighted by atomic mass is 16.5. The quantitative estimate of drug-likeness (QED) is 0.897. The minimum Gasteiger partial charge on any atom is -0.497 e. The Bertz CT molecular complexity index is 588. The minimum absolute atomic E-state index is 0.253. The number of hydrogen-bond donors (Lipinski definition) is 1. The van der Waals surface area contributed by atoms with Crippen molar-refractivity contribution in [3.8, 4) is 16.9 Å². The van der Waals surface area contributed by atoms with E-state index < -0.39 is 5.97 Å². The average molecular weight is 242 g/mol. The molecule has 2 rings (SSSR count). The second-order valence-corrected chi connectivity index (χ2v) is 4.03. The summed E-state index contributed by atoms with van der Waals surface area (Å²) in [4.78, 5) is 11.3. The third-order valence-electron chi connectivity index (χ3n) is 2.89. The molecule has 92 valence electrons. The van der Waals surface area contributed by atoms with Gasteiger partial charge in [0.2, 0.25) is 0 Å². The van der Waals surface area contributed by atoms with E-state index in [9.17, 15) is 9.90 Å². The summed E-state index contributed by atoms with van der Waals surface area (Å²) in [6.45, 7) is 1.96. The van der Waals surface area contributed by atoms with Crippen molar-refractivity contribution >= 4 is 5.97 Å². The maximum atomic E-state index is 11.3. The predicted molar refractivity (Wildman–Crippen MR) is 70.1 cm³/mol. The van der Waals surface area contributed by atoms with Crippen molar-refractivity contribution in [2.45, 2.75) is 6.92 Å². The van der Waals surface area contributed by atoms with Gasteiger partial charge in [-0.3, -0.25) is 0 Å². The molecule has 0 atom stereocenters. The summed E-state index contributed by atoms with van der Waals surface area (Å²) in [6, 6.07) is 12.8. The van der Waals surface area contributed by atoms with Gasteiger partial charge >= 0.3 is 5.97 Å². The summed E-state index contributed by atoms with van der Waals surface area (Å²) in [6.07, 6.45) is 0. The van der Waals surface area contributed by atoms with Gasteiger partial charge in [0.25, 0.3) is 0 Å². The van der Waals surface area contributed by atoms with Crippen molar-refractivity contribution in [2.75, 3.05) is 7.11 Å². The van der Waals surface area contributed by atoms with Gasteiger partial charge in [-0.25, -0.2) is 4.79 Å². The molecule has 0 saturated heterocycles. The van der Waals surface area contributed by atoms with Gasteiger partial charge in [0.1, 0.15) is 5.75 Å². The van der Waals surface area contributed by atoms with Crippen LogP contribution in [0.4, 0.5) is 0 Å². The second-order valence-electron chi connectivity index (χ2n) is 4.03. The number of carbonyl (C=O) groups is 1. The Morgan fingerprint density at radius 3 is 2.44 bits per heavy atom. The van der Waals surface area contributed by atoms with Crippen LogP contribution in [0.5, 0.6) is 5.75 Å². The van der Waals surface area contributed by atoms with Gasteiger partial charge in [-0.1, -0.05) is 24.3 Å². The monoisotopic (exact) mass is 242 g/mol. The fraction of sp³-hybridized carbons (Fsp3) is 0.133. The molecule has 3 nitrogen and oxygen atoms in total. The SMILES string of the molecule is COc1ccc(-c2ccccc2C)c(C(=O)O)c1. The third-order valence-corrected chi connectivity index (χ3v) is 2.89. The van der Waals surface area contributed by atoms with Gasteiger partial charge in [0, 0.05) is 0 Å². The number of carboxylic acids is 1. The Balaban J connectivity index is 2.64. The van der Waals surface area contributed by atoms with Gasteiger partial charge in [0.05, 0.1) is 12.7 Å². The first-order valence-corrected chi connectivity index (χ1v) is 5.61. The van der Waals surface area contributed by atoms with Crippen LogP contribution in [0.1, 0.15) is 15.9 Å². The van der Waals surface area contributed by atoms with Crippen LogP contribution in [-0.4, -0.2) is 18.2 Å². The zero-order valence-electron chi connectivity index (χ0n) is 10.3. The molecule has 0 aromatic heterocycles. The second kappa shape index (κ2) is 4.92. The van der Waals surface area contributed by atoms with Crippen molar-refractivity contribution < 1.29 is 14.6 Å². The van der Waals surface area contributed by atoms with Crippen LogP contribution in [0.3, 0.4) is 0 Å². The fourth-order valence-electron chi connectivity index (χ4n) is 1.94. The lowest BCUT2D eigenvalue weighted by Gasteiger charge is -2.10.